The van der Waals surface area contributed by atoms with Crippen molar-refractivity contribution in [2.24, 2.45) is 17.3 Å². The number of sulfone groups is 1. The molecule has 1 saturated carbocycles. The van der Waals surface area contributed by atoms with Gasteiger partial charge in [0.2, 0.25) is 5.91 Å². The van der Waals surface area contributed by atoms with E-state index in [-0.39, 0.29) is 29.4 Å². The summed E-state index contributed by atoms with van der Waals surface area (Å²) in [6, 6.07) is 0.240. The van der Waals surface area contributed by atoms with Crippen LogP contribution < -0.4 is 5.32 Å². The zero-order chi connectivity index (χ0) is 15.7. The molecule has 0 radical (unpaired) electrons. The van der Waals surface area contributed by atoms with Gasteiger partial charge in [0, 0.05) is 6.04 Å². The topological polar surface area (TPSA) is 63.2 Å². The Balaban J connectivity index is 1.80. The van der Waals surface area contributed by atoms with Crippen molar-refractivity contribution >= 4 is 15.7 Å². The number of nitrogens with one attached hydrogen (secondary N) is 1. The Hall–Kier alpha value is -0.580. The van der Waals surface area contributed by atoms with Gasteiger partial charge in [-0.3, -0.25) is 4.79 Å². The van der Waals surface area contributed by atoms with Crippen molar-refractivity contribution in [3.05, 3.63) is 0 Å². The van der Waals surface area contributed by atoms with E-state index in [0.29, 0.717) is 11.8 Å². The normalized spacial score (nSPS) is 32.8. The highest BCUT2D eigenvalue weighted by Crippen LogP contribution is 2.40. The van der Waals surface area contributed by atoms with Crippen LogP contribution in [0.25, 0.3) is 0 Å². The van der Waals surface area contributed by atoms with Gasteiger partial charge in [0.1, 0.15) is 0 Å². The van der Waals surface area contributed by atoms with Crippen LogP contribution in [0.2, 0.25) is 0 Å². The van der Waals surface area contributed by atoms with Crippen molar-refractivity contribution in [1.82, 2.24) is 5.32 Å². The molecule has 0 bridgehead atoms. The number of carbonyl (C=O) groups is 1. The third-order valence-electron chi connectivity index (χ3n) is 5.69. The summed E-state index contributed by atoms with van der Waals surface area (Å²) >= 11 is 0. The number of amides is 1. The maximum atomic E-state index is 12.2. The third kappa shape index (κ3) is 4.21. The zero-order valence-electron chi connectivity index (χ0n) is 13.5. The molecule has 1 atom stereocenters. The predicted octanol–water partition coefficient (Wildman–Crippen LogP) is 2.53. The van der Waals surface area contributed by atoms with Crippen LogP contribution in [0, 0.1) is 17.3 Å². The fraction of sp³-hybridized carbons (Fsp3) is 0.938. The van der Waals surface area contributed by atoms with E-state index in [2.05, 4.69) is 26.1 Å². The molecular weight excluding hydrogens is 286 g/mol. The molecule has 2 aliphatic rings. The lowest BCUT2D eigenvalue weighted by Crippen LogP contribution is -2.42. The standard InChI is InChI=1S/C16H29NO3S/c1-4-16(2,3)13-5-7-14(8-6-13)17-15(18)12-9-10-21(19,20)11-12/h12-14H,4-11H2,1-3H3,(H,17,18). The first-order valence-corrected chi connectivity index (χ1v) is 10.1. The van der Waals surface area contributed by atoms with Crippen molar-refractivity contribution in [2.75, 3.05) is 11.5 Å². The molecule has 1 amide bonds. The molecule has 1 unspecified atom stereocenters. The monoisotopic (exact) mass is 315 g/mol. The first-order valence-electron chi connectivity index (χ1n) is 8.24. The van der Waals surface area contributed by atoms with Gasteiger partial charge in [-0.2, -0.15) is 0 Å². The molecule has 1 aliphatic carbocycles. The van der Waals surface area contributed by atoms with Crippen molar-refractivity contribution < 1.29 is 13.2 Å². The molecule has 2 fully saturated rings. The summed E-state index contributed by atoms with van der Waals surface area (Å²) in [5, 5.41) is 3.09. The average Bonchev–Trinajstić information content (AvgIpc) is 2.80. The van der Waals surface area contributed by atoms with Crippen LogP contribution in [-0.2, 0) is 14.6 Å². The summed E-state index contributed by atoms with van der Waals surface area (Å²) in [6.45, 7) is 6.91. The lowest BCUT2D eigenvalue weighted by Gasteiger charge is -2.39. The van der Waals surface area contributed by atoms with Crippen LogP contribution in [0.15, 0.2) is 0 Å². The molecular formula is C16H29NO3S. The molecule has 4 nitrogen and oxygen atoms in total. The molecule has 122 valence electrons. The van der Waals surface area contributed by atoms with Crippen molar-refractivity contribution in [3.8, 4) is 0 Å². The minimum atomic E-state index is -2.97. The van der Waals surface area contributed by atoms with Gasteiger partial charge >= 0.3 is 0 Å². The largest absolute Gasteiger partial charge is 0.353 e. The van der Waals surface area contributed by atoms with Crippen LogP contribution in [0.3, 0.4) is 0 Å². The molecule has 1 saturated heterocycles. The van der Waals surface area contributed by atoms with Crippen LogP contribution in [0.1, 0.15) is 59.3 Å². The van der Waals surface area contributed by atoms with E-state index in [9.17, 15) is 13.2 Å². The summed E-state index contributed by atoms with van der Waals surface area (Å²) in [6.07, 6.45) is 6.06. The summed E-state index contributed by atoms with van der Waals surface area (Å²) in [5.41, 5.74) is 0.383. The smallest absolute Gasteiger partial charge is 0.224 e. The Labute approximate surface area is 129 Å². The van der Waals surface area contributed by atoms with Crippen LogP contribution in [0.5, 0.6) is 0 Å². The Morgan fingerprint density at radius 1 is 1.14 bits per heavy atom. The van der Waals surface area contributed by atoms with Gasteiger partial charge in [-0.25, -0.2) is 8.42 Å². The molecule has 21 heavy (non-hydrogen) atoms. The van der Waals surface area contributed by atoms with Gasteiger partial charge in [-0.05, 0) is 43.4 Å². The van der Waals surface area contributed by atoms with Crippen LogP contribution >= 0.6 is 0 Å². The minimum absolute atomic E-state index is 0.0387. The first kappa shape index (κ1) is 16.8. The lowest BCUT2D eigenvalue weighted by atomic mass is 9.69. The SMILES string of the molecule is CCC(C)(C)C1CCC(NC(=O)C2CCS(=O)(=O)C2)CC1. The quantitative estimate of drug-likeness (QED) is 0.867. The van der Waals surface area contributed by atoms with Crippen molar-refractivity contribution in [3.63, 3.8) is 0 Å². The van der Waals surface area contributed by atoms with E-state index in [0.717, 1.165) is 31.6 Å². The Kier molecular flexibility index (Phi) is 5.01. The fourth-order valence-corrected chi connectivity index (χ4v) is 5.37. The average molecular weight is 315 g/mol. The number of hydrogen-bond acceptors (Lipinski definition) is 3. The second-order valence-electron chi connectivity index (χ2n) is 7.50. The molecule has 0 aromatic carbocycles. The Morgan fingerprint density at radius 2 is 1.76 bits per heavy atom. The van der Waals surface area contributed by atoms with Crippen molar-refractivity contribution in [2.45, 2.75) is 65.3 Å². The van der Waals surface area contributed by atoms with Gasteiger partial charge in [-0.1, -0.05) is 27.2 Å². The van der Waals surface area contributed by atoms with Gasteiger partial charge in [0.15, 0.2) is 9.84 Å². The highest BCUT2D eigenvalue weighted by atomic mass is 32.2. The van der Waals surface area contributed by atoms with Gasteiger partial charge in [0.25, 0.3) is 0 Å². The lowest BCUT2D eigenvalue weighted by molar-refractivity contribution is -0.125. The minimum Gasteiger partial charge on any atom is -0.353 e. The van der Waals surface area contributed by atoms with E-state index in [1.807, 2.05) is 0 Å². The summed E-state index contributed by atoms with van der Waals surface area (Å²) in [5.74, 6) is 0.580. The molecule has 0 aromatic heterocycles. The van der Waals surface area contributed by atoms with Gasteiger partial charge < -0.3 is 5.32 Å². The highest BCUT2D eigenvalue weighted by Gasteiger charge is 2.36. The molecule has 5 heteroatoms. The summed E-state index contributed by atoms with van der Waals surface area (Å²) < 4.78 is 22.9. The summed E-state index contributed by atoms with van der Waals surface area (Å²) in [4.78, 5) is 12.2. The number of carbonyl (C=O) groups excluding carboxylic acids is 1. The molecule has 0 aromatic rings. The first-order chi connectivity index (χ1) is 9.73. The molecule has 0 spiro atoms. The Morgan fingerprint density at radius 3 is 2.24 bits per heavy atom. The molecule has 1 heterocycles. The second-order valence-corrected chi connectivity index (χ2v) is 9.73. The van der Waals surface area contributed by atoms with E-state index in [1.165, 1.54) is 6.42 Å². The van der Waals surface area contributed by atoms with E-state index in [1.54, 1.807) is 0 Å². The maximum absolute atomic E-state index is 12.2. The van der Waals surface area contributed by atoms with Crippen LogP contribution in [-0.4, -0.2) is 31.9 Å². The predicted molar refractivity (Wildman–Crippen MR) is 84.7 cm³/mol. The van der Waals surface area contributed by atoms with E-state index in [4.69, 9.17) is 0 Å². The molecule has 2 rings (SSSR count). The molecule has 1 aliphatic heterocycles. The Bertz CT molecular complexity index is 476. The van der Waals surface area contributed by atoms with Crippen LogP contribution in [0.4, 0.5) is 0 Å². The van der Waals surface area contributed by atoms with Gasteiger partial charge in [0.05, 0.1) is 17.4 Å². The van der Waals surface area contributed by atoms with E-state index < -0.39 is 9.84 Å². The van der Waals surface area contributed by atoms with Crippen molar-refractivity contribution in [1.29, 1.82) is 0 Å². The van der Waals surface area contributed by atoms with E-state index >= 15 is 0 Å². The summed E-state index contributed by atoms with van der Waals surface area (Å²) in [7, 11) is -2.97. The zero-order valence-corrected chi connectivity index (χ0v) is 14.3. The molecule has 1 N–H and O–H groups in total. The number of rotatable bonds is 4. The maximum Gasteiger partial charge on any atom is 0.224 e. The highest BCUT2D eigenvalue weighted by molar-refractivity contribution is 7.91. The fourth-order valence-electron chi connectivity index (χ4n) is 3.63. The van der Waals surface area contributed by atoms with Gasteiger partial charge in [-0.15, -0.1) is 0 Å². The second kappa shape index (κ2) is 6.27. The third-order valence-corrected chi connectivity index (χ3v) is 7.46. The number of hydrogen-bond donors (Lipinski definition) is 1.